The molecule has 0 fully saturated rings. The SMILES string of the molecule is CCOC(=O)c1sc(NC(=O)CSc2nnnn2C)nc1C. The van der Waals surface area contributed by atoms with Crippen molar-refractivity contribution in [2.24, 2.45) is 7.05 Å². The highest BCUT2D eigenvalue weighted by molar-refractivity contribution is 7.99. The van der Waals surface area contributed by atoms with E-state index < -0.39 is 5.97 Å². The van der Waals surface area contributed by atoms with Gasteiger partial charge in [0.25, 0.3) is 0 Å². The molecule has 0 saturated heterocycles. The van der Waals surface area contributed by atoms with Crippen molar-refractivity contribution in [1.82, 2.24) is 25.2 Å². The van der Waals surface area contributed by atoms with E-state index in [2.05, 4.69) is 25.8 Å². The summed E-state index contributed by atoms with van der Waals surface area (Å²) in [4.78, 5) is 28.1. The van der Waals surface area contributed by atoms with Crippen LogP contribution in [-0.4, -0.2) is 49.4 Å². The quantitative estimate of drug-likeness (QED) is 0.608. The fourth-order valence-corrected chi connectivity index (χ4v) is 2.99. The molecule has 2 aromatic heterocycles. The van der Waals surface area contributed by atoms with Crippen LogP contribution in [0.25, 0.3) is 0 Å². The molecule has 0 aliphatic heterocycles. The fraction of sp³-hybridized carbons (Fsp3) is 0.455. The maximum Gasteiger partial charge on any atom is 0.350 e. The van der Waals surface area contributed by atoms with E-state index in [0.29, 0.717) is 27.5 Å². The summed E-state index contributed by atoms with van der Waals surface area (Å²) in [5, 5.41) is 14.5. The molecule has 0 atom stereocenters. The zero-order valence-electron chi connectivity index (χ0n) is 12.2. The molecule has 1 N–H and O–H groups in total. The number of thioether (sulfide) groups is 1. The van der Waals surface area contributed by atoms with Crippen LogP contribution in [0, 0.1) is 6.92 Å². The van der Waals surface area contributed by atoms with Gasteiger partial charge in [-0.25, -0.2) is 14.5 Å². The Morgan fingerprint density at radius 3 is 2.86 bits per heavy atom. The number of aryl methyl sites for hydroxylation is 2. The predicted octanol–water partition coefficient (Wildman–Crippen LogP) is 0.883. The molecule has 0 unspecified atom stereocenters. The van der Waals surface area contributed by atoms with Gasteiger partial charge in [-0.05, 0) is 24.3 Å². The van der Waals surface area contributed by atoms with Gasteiger partial charge in [0.15, 0.2) is 5.13 Å². The molecule has 2 heterocycles. The van der Waals surface area contributed by atoms with E-state index >= 15 is 0 Å². The molecule has 9 nitrogen and oxygen atoms in total. The van der Waals surface area contributed by atoms with Crippen LogP contribution >= 0.6 is 23.1 Å². The number of aromatic nitrogens is 5. The van der Waals surface area contributed by atoms with E-state index in [1.807, 2.05) is 0 Å². The summed E-state index contributed by atoms with van der Waals surface area (Å²) in [5.41, 5.74) is 0.531. The van der Waals surface area contributed by atoms with Crippen LogP contribution in [0.4, 0.5) is 5.13 Å². The summed E-state index contributed by atoms with van der Waals surface area (Å²) < 4.78 is 6.40. The molecule has 0 spiro atoms. The Kier molecular flexibility index (Phi) is 5.44. The molecular weight excluding hydrogens is 328 g/mol. The van der Waals surface area contributed by atoms with Crippen molar-refractivity contribution in [2.75, 3.05) is 17.7 Å². The minimum Gasteiger partial charge on any atom is -0.462 e. The van der Waals surface area contributed by atoms with Gasteiger partial charge < -0.3 is 10.1 Å². The molecule has 0 bridgehead atoms. The monoisotopic (exact) mass is 342 g/mol. The summed E-state index contributed by atoms with van der Waals surface area (Å²) in [6.07, 6.45) is 0. The minimum atomic E-state index is -0.433. The number of ether oxygens (including phenoxy) is 1. The lowest BCUT2D eigenvalue weighted by Gasteiger charge is -2.00. The predicted molar refractivity (Wildman–Crippen MR) is 81.0 cm³/mol. The second-order valence-electron chi connectivity index (χ2n) is 4.08. The molecule has 0 saturated carbocycles. The summed E-state index contributed by atoms with van der Waals surface area (Å²) >= 11 is 2.30. The van der Waals surface area contributed by atoms with Crippen LogP contribution in [0.2, 0.25) is 0 Å². The van der Waals surface area contributed by atoms with Gasteiger partial charge in [-0.2, -0.15) is 0 Å². The van der Waals surface area contributed by atoms with Gasteiger partial charge in [-0.15, -0.1) is 5.10 Å². The zero-order valence-corrected chi connectivity index (χ0v) is 13.8. The van der Waals surface area contributed by atoms with Crippen molar-refractivity contribution in [1.29, 1.82) is 0 Å². The fourth-order valence-electron chi connectivity index (χ4n) is 1.46. The third-order valence-electron chi connectivity index (χ3n) is 2.42. The number of tetrazole rings is 1. The van der Waals surface area contributed by atoms with Gasteiger partial charge in [-0.3, -0.25) is 4.79 Å². The van der Waals surface area contributed by atoms with E-state index in [1.165, 1.54) is 16.4 Å². The molecule has 2 aromatic rings. The molecule has 0 aliphatic rings. The van der Waals surface area contributed by atoms with Crippen molar-refractivity contribution in [3.05, 3.63) is 10.6 Å². The molecule has 1 amide bonds. The number of nitrogens with one attached hydrogen (secondary N) is 1. The molecular formula is C11H14N6O3S2. The smallest absolute Gasteiger partial charge is 0.350 e. The molecule has 0 radical (unpaired) electrons. The van der Waals surface area contributed by atoms with Gasteiger partial charge in [0, 0.05) is 7.05 Å². The van der Waals surface area contributed by atoms with E-state index in [9.17, 15) is 9.59 Å². The highest BCUT2D eigenvalue weighted by Gasteiger charge is 2.17. The lowest BCUT2D eigenvalue weighted by Crippen LogP contribution is -2.14. The Hall–Kier alpha value is -2.01. The first-order valence-electron chi connectivity index (χ1n) is 6.30. The number of amides is 1. The van der Waals surface area contributed by atoms with Gasteiger partial charge in [0.1, 0.15) is 4.88 Å². The van der Waals surface area contributed by atoms with Crippen molar-refractivity contribution in [2.45, 2.75) is 19.0 Å². The Balaban J connectivity index is 1.93. The molecule has 2 rings (SSSR count). The first-order valence-corrected chi connectivity index (χ1v) is 8.11. The van der Waals surface area contributed by atoms with Crippen LogP contribution in [0.3, 0.4) is 0 Å². The lowest BCUT2D eigenvalue weighted by molar-refractivity contribution is -0.113. The molecule has 0 aromatic carbocycles. The second kappa shape index (κ2) is 7.31. The van der Waals surface area contributed by atoms with Crippen LogP contribution in [0.15, 0.2) is 5.16 Å². The van der Waals surface area contributed by atoms with E-state index in [4.69, 9.17) is 4.74 Å². The summed E-state index contributed by atoms with van der Waals surface area (Å²) in [5.74, 6) is -0.545. The van der Waals surface area contributed by atoms with Crippen molar-refractivity contribution >= 4 is 40.1 Å². The van der Waals surface area contributed by atoms with Crippen molar-refractivity contribution in [3.63, 3.8) is 0 Å². The van der Waals surface area contributed by atoms with Gasteiger partial charge >= 0.3 is 5.97 Å². The first kappa shape index (κ1) is 16.4. The average molecular weight is 342 g/mol. The number of hydrogen-bond donors (Lipinski definition) is 1. The minimum absolute atomic E-state index is 0.140. The van der Waals surface area contributed by atoms with E-state index in [-0.39, 0.29) is 11.7 Å². The average Bonchev–Trinajstić information content (AvgIpc) is 3.03. The van der Waals surface area contributed by atoms with Crippen LogP contribution in [0.5, 0.6) is 0 Å². The number of nitrogens with zero attached hydrogens (tertiary/aromatic N) is 5. The van der Waals surface area contributed by atoms with Crippen molar-refractivity contribution < 1.29 is 14.3 Å². The first-order chi connectivity index (χ1) is 10.5. The third-order valence-corrected chi connectivity index (χ3v) is 4.48. The van der Waals surface area contributed by atoms with Gasteiger partial charge in [0.05, 0.1) is 18.1 Å². The number of esters is 1. The largest absolute Gasteiger partial charge is 0.462 e. The standard InChI is InChI=1S/C11H14N6O3S2/c1-4-20-9(19)8-6(2)12-10(22-8)13-7(18)5-21-11-14-15-16-17(11)3/h4-5H2,1-3H3,(H,12,13,18). The van der Waals surface area contributed by atoms with Crippen LogP contribution in [-0.2, 0) is 16.6 Å². The topological polar surface area (TPSA) is 112 Å². The summed E-state index contributed by atoms with van der Waals surface area (Å²) in [7, 11) is 1.69. The highest BCUT2D eigenvalue weighted by Crippen LogP contribution is 2.23. The van der Waals surface area contributed by atoms with Crippen LogP contribution in [0.1, 0.15) is 22.3 Å². The van der Waals surface area contributed by atoms with Crippen molar-refractivity contribution in [3.8, 4) is 0 Å². The number of carbonyl (C=O) groups excluding carboxylic acids is 2. The second-order valence-corrected chi connectivity index (χ2v) is 6.02. The number of carbonyl (C=O) groups is 2. The third kappa shape index (κ3) is 4.01. The number of hydrogen-bond acceptors (Lipinski definition) is 9. The van der Waals surface area contributed by atoms with Gasteiger partial charge in [0.2, 0.25) is 11.1 Å². The number of anilines is 1. The maximum atomic E-state index is 11.9. The Labute approximate surface area is 134 Å². The molecule has 0 aliphatic carbocycles. The molecule has 118 valence electrons. The van der Waals surface area contributed by atoms with Crippen LogP contribution < -0.4 is 5.32 Å². The number of rotatable bonds is 6. The highest BCUT2D eigenvalue weighted by atomic mass is 32.2. The lowest BCUT2D eigenvalue weighted by atomic mass is 10.4. The Morgan fingerprint density at radius 1 is 1.45 bits per heavy atom. The zero-order chi connectivity index (χ0) is 16.1. The van der Waals surface area contributed by atoms with E-state index in [0.717, 1.165) is 11.3 Å². The summed E-state index contributed by atoms with van der Waals surface area (Å²) in [6, 6.07) is 0. The normalized spacial score (nSPS) is 10.5. The Bertz CT molecular complexity index is 683. The maximum absolute atomic E-state index is 11.9. The molecule has 22 heavy (non-hydrogen) atoms. The van der Waals surface area contributed by atoms with E-state index in [1.54, 1.807) is 20.9 Å². The molecule has 11 heteroatoms. The summed E-state index contributed by atoms with van der Waals surface area (Å²) in [6.45, 7) is 3.72. The number of thiazole rings is 1. The van der Waals surface area contributed by atoms with Gasteiger partial charge in [-0.1, -0.05) is 23.1 Å². The Morgan fingerprint density at radius 2 is 2.23 bits per heavy atom.